The minimum Gasteiger partial charge on any atom is -0.324 e. The molecule has 4 heteroatoms. The number of para-hydroxylation sites is 1. The van der Waals surface area contributed by atoms with Crippen LogP contribution >= 0.6 is 0 Å². The Morgan fingerprint density at radius 2 is 1.53 bits per heavy atom. The second-order valence-corrected chi connectivity index (χ2v) is 7.27. The smallest absolute Gasteiger partial charge is 0.225 e. The number of benzene rings is 3. The fourth-order valence-electron chi connectivity index (χ4n) is 3.66. The Balaban J connectivity index is 1.61. The second-order valence-electron chi connectivity index (χ2n) is 7.27. The standard InChI is InChI=1S/C26H22N2O2/c1-18(29)19-12-14-21(15-13-19)23(20-7-3-2-4-8-20)17-25(30)28-24-11-5-9-22-10-6-16-27-26(22)24/h2-16,23H,17H2,1H3,(H,28,30). The van der Waals surface area contributed by atoms with Gasteiger partial charge in [-0.15, -0.1) is 0 Å². The second kappa shape index (κ2) is 8.70. The fourth-order valence-corrected chi connectivity index (χ4v) is 3.66. The average molecular weight is 394 g/mol. The Morgan fingerprint density at radius 1 is 0.833 bits per heavy atom. The molecule has 1 heterocycles. The lowest BCUT2D eigenvalue weighted by atomic mass is 9.87. The number of Topliss-reactive ketones (excluding diaryl/α,β-unsaturated/α-hetero) is 1. The summed E-state index contributed by atoms with van der Waals surface area (Å²) in [7, 11) is 0. The van der Waals surface area contributed by atoms with Gasteiger partial charge in [0.15, 0.2) is 5.78 Å². The van der Waals surface area contributed by atoms with Gasteiger partial charge in [-0.3, -0.25) is 14.6 Å². The molecule has 0 saturated heterocycles. The number of nitrogens with zero attached hydrogens (tertiary/aromatic N) is 1. The summed E-state index contributed by atoms with van der Waals surface area (Å²) >= 11 is 0. The first-order valence-electron chi connectivity index (χ1n) is 9.91. The summed E-state index contributed by atoms with van der Waals surface area (Å²) in [4.78, 5) is 29.0. The van der Waals surface area contributed by atoms with E-state index in [1.807, 2.05) is 84.9 Å². The number of nitrogens with one attached hydrogen (secondary N) is 1. The predicted octanol–water partition coefficient (Wildman–Crippen LogP) is 5.60. The van der Waals surface area contributed by atoms with Crippen molar-refractivity contribution in [3.8, 4) is 0 Å². The number of carbonyl (C=O) groups excluding carboxylic acids is 2. The third kappa shape index (κ3) is 4.28. The van der Waals surface area contributed by atoms with E-state index in [2.05, 4.69) is 10.3 Å². The Kier molecular flexibility index (Phi) is 5.66. The van der Waals surface area contributed by atoms with Crippen molar-refractivity contribution >= 4 is 28.3 Å². The van der Waals surface area contributed by atoms with Crippen LogP contribution in [0.1, 0.15) is 40.7 Å². The largest absolute Gasteiger partial charge is 0.324 e. The van der Waals surface area contributed by atoms with Crippen molar-refractivity contribution in [2.24, 2.45) is 0 Å². The fraction of sp³-hybridized carbons (Fsp3) is 0.115. The van der Waals surface area contributed by atoms with Gasteiger partial charge in [-0.2, -0.15) is 0 Å². The zero-order chi connectivity index (χ0) is 20.9. The SMILES string of the molecule is CC(=O)c1ccc(C(CC(=O)Nc2cccc3cccnc23)c2ccccc2)cc1. The molecule has 4 aromatic rings. The van der Waals surface area contributed by atoms with Crippen LogP contribution in [0.25, 0.3) is 10.9 Å². The molecule has 0 aliphatic carbocycles. The van der Waals surface area contributed by atoms with Crippen LogP contribution in [0.4, 0.5) is 5.69 Å². The Morgan fingerprint density at radius 3 is 2.27 bits per heavy atom. The van der Waals surface area contributed by atoms with Crippen LogP contribution in [0.5, 0.6) is 0 Å². The van der Waals surface area contributed by atoms with Crippen LogP contribution in [-0.4, -0.2) is 16.7 Å². The van der Waals surface area contributed by atoms with Crippen LogP contribution in [0.2, 0.25) is 0 Å². The summed E-state index contributed by atoms with van der Waals surface area (Å²) < 4.78 is 0. The van der Waals surface area contributed by atoms with Gasteiger partial charge in [0.25, 0.3) is 0 Å². The molecule has 0 aliphatic heterocycles. The van der Waals surface area contributed by atoms with E-state index in [1.165, 1.54) is 0 Å². The van der Waals surface area contributed by atoms with Crippen LogP contribution in [0.3, 0.4) is 0 Å². The summed E-state index contributed by atoms with van der Waals surface area (Å²) in [6.07, 6.45) is 2.01. The number of carbonyl (C=O) groups is 2. The van der Waals surface area contributed by atoms with Crippen molar-refractivity contribution in [3.05, 3.63) is 108 Å². The molecule has 4 nitrogen and oxygen atoms in total. The number of fused-ring (bicyclic) bond motifs is 1. The molecule has 0 bridgehead atoms. The van der Waals surface area contributed by atoms with Gasteiger partial charge in [0.1, 0.15) is 0 Å². The van der Waals surface area contributed by atoms with Crippen molar-refractivity contribution in [1.82, 2.24) is 4.98 Å². The maximum absolute atomic E-state index is 13.0. The number of pyridine rings is 1. The molecule has 4 rings (SSSR count). The number of anilines is 1. The Hall–Kier alpha value is -3.79. The molecule has 0 fully saturated rings. The van der Waals surface area contributed by atoms with Gasteiger partial charge in [0, 0.05) is 29.5 Å². The summed E-state index contributed by atoms with van der Waals surface area (Å²) in [5.41, 5.74) is 4.20. The highest BCUT2D eigenvalue weighted by Crippen LogP contribution is 2.29. The maximum Gasteiger partial charge on any atom is 0.225 e. The molecule has 1 N–H and O–H groups in total. The molecule has 3 aromatic carbocycles. The lowest BCUT2D eigenvalue weighted by Gasteiger charge is -2.18. The van der Waals surface area contributed by atoms with Gasteiger partial charge in [0.05, 0.1) is 11.2 Å². The Labute approximate surface area is 175 Å². The predicted molar refractivity (Wildman–Crippen MR) is 120 cm³/mol. The van der Waals surface area contributed by atoms with E-state index in [-0.39, 0.29) is 24.0 Å². The number of amides is 1. The molecule has 1 amide bonds. The molecular weight excluding hydrogens is 372 g/mol. The van der Waals surface area contributed by atoms with E-state index >= 15 is 0 Å². The monoisotopic (exact) mass is 394 g/mol. The van der Waals surface area contributed by atoms with E-state index in [0.29, 0.717) is 11.3 Å². The highest BCUT2D eigenvalue weighted by molar-refractivity contribution is 6.00. The summed E-state index contributed by atoms with van der Waals surface area (Å²) in [5, 5.41) is 4.01. The molecule has 0 radical (unpaired) electrons. The molecule has 1 unspecified atom stereocenters. The zero-order valence-electron chi connectivity index (χ0n) is 16.7. The first kappa shape index (κ1) is 19.5. The van der Waals surface area contributed by atoms with Crippen molar-refractivity contribution < 1.29 is 9.59 Å². The molecular formula is C26H22N2O2. The van der Waals surface area contributed by atoms with Gasteiger partial charge in [-0.1, -0.05) is 72.8 Å². The lowest BCUT2D eigenvalue weighted by molar-refractivity contribution is -0.116. The van der Waals surface area contributed by atoms with Gasteiger partial charge in [0.2, 0.25) is 5.91 Å². The molecule has 30 heavy (non-hydrogen) atoms. The van der Waals surface area contributed by atoms with E-state index in [4.69, 9.17) is 0 Å². The van der Waals surface area contributed by atoms with Crippen LogP contribution in [-0.2, 0) is 4.79 Å². The van der Waals surface area contributed by atoms with E-state index in [9.17, 15) is 9.59 Å². The molecule has 1 aromatic heterocycles. The summed E-state index contributed by atoms with van der Waals surface area (Å²) in [6, 6.07) is 27.1. The van der Waals surface area contributed by atoms with Crippen molar-refractivity contribution in [2.45, 2.75) is 19.3 Å². The number of ketones is 1. The van der Waals surface area contributed by atoms with E-state index in [1.54, 1.807) is 13.1 Å². The summed E-state index contributed by atoms with van der Waals surface area (Å²) in [6.45, 7) is 1.55. The Bertz CT molecular complexity index is 1180. The number of hydrogen-bond acceptors (Lipinski definition) is 3. The quantitative estimate of drug-likeness (QED) is 0.433. The van der Waals surface area contributed by atoms with E-state index < -0.39 is 0 Å². The molecule has 0 saturated carbocycles. The summed E-state index contributed by atoms with van der Waals surface area (Å²) in [5.74, 6) is -0.174. The molecule has 148 valence electrons. The topological polar surface area (TPSA) is 59.1 Å². The minimum atomic E-state index is -0.116. The van der Waals surface area contributed by atoms with Crippen LogP contribution in [0.15, 0.2) is 91.1 Å². The number of rotatable bonds is 6. The molecule has 1 atom stereocenters. The highest BCUT2D eigenvalue weighted by atomic mass is 16.1. The normalized spacial score (nSPS) is 11.8. The molecule has 0 spiro atoms. The number of hydrogen-bond donors (Lipinski definition) is 1. The number of aromatic nitrogens is 1. The van der Waals surface area contributed by atoms with Gasteiger partial charge in [-0.25, -0.2) is 0 Å². The van der Waals surface area contributed by atoms with Crippen LogP contribution < -0.4 is 5.32 Å². The average Bonchev–Trinajstić information content (AvgIpc) is 2.78. The first-order valence-corrected chi connectivity index (χ1v) is 9.91. The van der Waals surface area contributed by atoms with Crippen LogP contribution in [0, 0.1) is 0 Å². The van der Waals surface area contributed by atoms with Crippen molar-refractivity contribution in [3.63, 3.8) is 0 Å². The third-order valence-corrected chi connectivity index (χ3v) is 5.22. The van der Waals surface area contributed by atoms with Gasteiger partial charge in [-0.05, 0) is 30.2 Å². The minimum absolute atomic E-state index is 0.0269. The zero-order valence-corrected chi connectivity index (χ0v) is 16.7. The molecule has 0 aliphatic rings. The lowest BCUT2D eigenvalue weighted by Crippen LogP contribution is -2.17. The van der Waals surface area contributed by atoms with Crippen molar-refractivity contribution in [1.29, 1.82) is 0 Å². The van der Waals surface area contributed by atoms with Gasteiger partial charge < -0.3 is 5.32 Å². The highest BCUT2D eigenvalue weighted by Gasteiger charge is 2.19. The van der Waals surface area contributed by atoms with Gasteiger partial charge >= 0.3 is 0 Å². The third-order valence-electron chi connectivity index (χ3n) is 5.22. The van der Waals surface area contributed by atoms with E-state index in [0.717, 1.165) is 22.0 Å². The first-order chi connectivity index (χ1) is 14.6. The maximum atomic E-state index is 13.0. The van der Waals surface area contributed by atoms with Crippen molar-refractivity contribution in [2.75, 3.05) is 5.32 Å².